The molecule has 0 aliphatic heterocycles. The Morgan fingerprint density at radius 2 is 1.75 bits per heavy atom. The fourth-order valence-corrected chi connectivity index (χ4v) is 2.96. The molecule has 0 bridgehead atoms. The van der Waals surface area contributed by atoms with Gasteiger partial charge >= 0.3 is 0 Å². The number of amides is 1. The first-order valence-corrected chi connectivity index (χ1v) is 9.43. The average molecular weight is 377 g/mol. The lowest BCUT2D eigenvalue weighted by molar-refractivity contribution is 0.0949. The molecule has 3 aromatic rings. The quantitative estimate of drug-likeness (QED) is 0.639. The molecule has 1 heterocycles. The molecule has 0 unspecified atom stereocenters. The lowest BCUT2D eigenvalue weighted by Gasteiger charge is -2.23. The summed E-state index contributed by atoms with van der Waals surface area (Å²) in [7, 11) is 0. The Bertz CT molecular complexity index is 880. The van der Waals surface area contributed by atoms with Crippen LogP contribution in [0.1, 0.15) is 28.5 Å². The van der Waals surface area contributed by atoms with E-state index in [1.807, 2.05) is 24.3 Å². The Morgan fingerprint density at radius 1 is 1.00 bits per heavy atom. The van der Waals surface area contributed by atoms with Crippen LogP contribution in [0.2, 0.25) is 0 Å². The van der Waals surface area contributed by atoms with E-state index < -0.39 is 0 Å². The summed E-state index contributed by atoms with van der Waals surface area (Å²) in [6.45, 7) is 4.21. The molecule has 1 amide bonds. The van der Waals surface area contributed by atoms with Crippen LogP contribution in [0, 0.1) is 5.82 Å². The lowest BCUT2D eigenvalue weighted by Crippen LogP contribution is -2.27. The number of aromatic nitrogens is 1. The van der Waals surface area contributed by atoms with Gasteiger partial charge in [-0.15, -0.1) is 0 Å². The standard InChI is InChI=1S/C23H24FN3O/c1-2-27(17-19-6-4-3-5-7-19)21-12-13-22(26-16-21)23(28)25-15-14-18-8-10-20(24)11-9-18/h3-13,16H,2,14-15,17H2,1H3,(H,25,28). The van der Waals surface area contributed by atoms with Gasteiger partial charge < -0.3 is 10.2 Å². The number of nitrogens with one attached hydrogen (secondary N) is 1. The van der Waals surface area contributed by atoms with Crippen LogP contribution >= 0.6 is 0 Å². The molecule has 3 rings (SSSR count). The number of halogens is 1. The number of nitrogens with zero attached hydrogens (tertiary/aromatic N) is 2. The average Bonchev–Trinajstić information content (AvgIpc) is 2.74. The van der Waals surface area contributed by atoms with Gasteiger partial charge in [-0.3, -0.25) is 4.79 Å². The summed E-state index contributed by atoms with van der Waals surface area (Å²) in [6.07, 6.45) is 2.38. The third-order valence-electron chi connectivity index (χ3n) is 4.56. The number of carbonyl (C=O) groups excluding carboxylic acids is 1. The van der Waals surface area contributed by atoms with Gasteiger partial charge in [0.1, 0.15) is 11.5 Å². The first-order chi connectivity index (χ1) is 13.7. The van der Waals surface area contributed by atoms with E-state index in [0.717, 1.165) is 24.3 Å². The maximum absolute atomic E-state index is 12.9. The number of rotatable bonds is 8. The predicted molar refractivity (Wildman–Crippen MR) is 110 cm³/mol. The van der Waals surface area contributed by atoms with Crippen molar-refractivity contribution in [3.8, 4) is 0 Å². The van der Waals surface area contributed by atoms with Gasteiger partial charge in [0.2, 0.25) is 0 Å². The highest BCUT2D eigenvalue weighted by molar-refractivity contribution is 5.92. The fraction of sp³-hybridized carbons (Fsp3) is 0.217. The highest BCUT2D eigenvalue weighted by Crippen LogP contribution is 2.16. The molecule has 2 aromatic carbocycles. The van der Waals surface area contributed by atoms with Crippen LogP contribution in [-0.2, 0) is 13.0 Å². The number of anilines is 1. The monoisotopic (exact) mass is 377 g/mol. The summed E-state index contributed by atoms with van der Waals surface area (Å²) in [5, 5.41) is 2.86. The van der Waals surface area contributed by atoms with Crippen LogP contribution in [0.15, 0.2) is 72.9 Å². The number of benzene rings is 2. The summed E-state index contributed by atoms with van der Waals surface area (Å²) in [5.74, 6) is -0.467. The molecule has 1 N–H and O–H groups in total. The van der Waals surface area contributed by atoms with Crippen molar-refractivity contribution in [1.29, 1.82) is 0 Å². The number of hydrogen-bond donors (Lipinski definition) is 1. The number of hydrogen-bond acceptors (Lipinski definition) is 3. The Morgan fingerprint density at radius 3 is 2.39 bits per heavy atom. The van der Waals surface area contributed by atoms with E-state index in [0.29, 0.717) is 18.7 Å². The Kier molecular flexibility index (Phi) is 6.73. The van der Waals surface area contributed by atoms with Crippen LogP contribution in [0.25, 0.3) is 0 Å². The van der Waals surface area contributed by atoms with E-state index in [1.165, 1.54) is 17.7 Å². The summed E-state index contributed by atoms with van der Waals surface area (Å²) >= 11 is 0. The number of carbonyl (C=O) groups is 1. The van der Waals surface area contributed by atoms with Crippen LogP contribution in [-0.4, -0.2) is 24.0 Å². The minimum Gasteiger partial charge on any atom is -0.366 e. The van der Waals surface area contributed by atoms with Crippen molar-refractivity contribution in [3.63, 3.8) is 0 Å². The molecule has 5 heteroatoms. The van der Waals surface area contributed by atoms with E-state index in [4.69, 9.17) is 0 Å². The molecule has 28 heavy (non-hydrogen) atoms. The molecule has 0 aliphatic carbocycles. The Labute approximate surface area is 165 Å². The zero-order chi connectivity index (χ0) is 19.8. The van der Waals surface area contributed by atoms with E-state index >= 15 is 0 Å². The normalized spacial score (nSPS) is 10.5. The second-order valence-corrected chi connectivity index (χ2v) is 6.53. The third kappa shape index (κ3) is 5.39. The van der Waals surface area contributed by atoms with Crippen molar-refractivity contribution in [3.05, 3.63) is 95.6 Å². The maximum Gasteiger partial charge on any atom is 0.269 e. The van der Waals surface area contributed by atoms with Crippen LogP contribution in [0.3, 0.4) is 0 Å². The van der Waals surface area contributed by atoms with Gasteiger partial charge in [-0.2, -0.15) is 0 Å². The van der Waals surface area contributed by atoms with Gasteiger partial charge in [0.05, 0.1) is 11.9 Å². The molecule has 4 nitrogen and oxygen atoms in total. The first kappa shape index (κ1) is 19.5. The molecule has 144 valence electrons. The fourth-order valence-electron chi connectivity index (χ4n) is 2.96. The zero-order valence-electron chi connectivity index (χ0n) is 15.9. The van der Waals surface area contributed by atoms with E-state index in [9.17, 15) is 9.18 Å². The van der Waals surface area contributed by atoms with Crippen molar-refractivity contribution >= 4 is 11.6 Å². The predicted octanol–water partition coefficient (Wildman–Crippen LogP) is 4.22. The van der Waals surface area contributed by atoms with Crippen LogP contribution in [0.5, 0.6) is 0 Å². The van der Waals surface area contributed by atoms with Crippen molar-refractivity contribution in [2.45, 2.75) is 19.9 Å². The third-order valence-corrected chi connectivity index (χ3v) is 4.56. The summed E-state index contributed by atoms with van der Waals surface area (Å²) < 4.78 is 12.9. The Balaban J connectivity index is 1.55. The minimum atomic E-state index is -0.259. The van der Waals surface area contributed by atoms with Crippen molar-refractivity contribution < 1.29 is 9.18 Å². The molecule has 1 aromatic heterocycles. The minimum absolute atomic E-state index is 0.209. The molecule has 0 aliphatic rings. The topological polar surface area (TPSA) is 45.2 Å². The van der Waals surface area contributed by atoms with Crippen molar-refractivity contribution in [2.24, 2.45) is 0 Å². The molecular formula is C23H24FN3O. The SMILES string of the molecule is CCN(Cc1ccccc1)c1ccc(C(=O)NCCc2ccc(F)cc2)nc1. The summed E-state index contributed by atoms with van der Waals surface area (Å²) in [6, 6.07) is 20.2. The lowest BCUT2D eigenvalue weighted by atomic mass is 10.1. The summed E-state index contributed by atoms with van der Waals surface area (Å²) in [4.78, 5) is 18.8. The number of pyridine rings is 1. The van der Waals surface area contributed by atoms with E-state index in [-0.39, 0.29) is 11.7 Å². The van der Waals surface area contributed by atoms with Gasteiger partial charge in [0, 0.05) is 19.6 Å². The highest BCUT2D eigenvalue weighted by Gasteiger charge is 2.10. The van der Waals surface area contributed by atoms with E-state index in [2.05, 4.69) is 34.3 Å². The molecule has 0 fully saturated rings. The molecule has 0 saturated carbocycles. The highest BCUT2D eigenvalue weighted by atomic mass is 19.1. The maximum atomic E-state index is 12.9. The molecule has 0 spiro atoms. The van der Waals surface area contributed by atoms with Gasteiger partial charge in [-0.25, -0.2) is 9.37 Å². The Hall–Kier alpha value is -3.21. The zero-order valence-corrected chi connectivity index (χ0v) is 15.9. The molecular weight excluding hydrogens is 353 g/mol. The van der Waals surface area contributed by atoms with Crippen LogP contribution in [0.4, 0.5) is 10.1 Å². The van der Waals surface area contributed by atoms with Crippen LogP contribution < -0.4 is 10.2 Å². The second kappa shape index (κ2) is 9.65. The molecule has 0 radical (unpaired) electrons. The van der Waals surface area contributed by atoms with Gasteiger partial charge in [0.15, 0.2) is 0 Å². The smallest absolute Gasteiger partial charge is 0.269 e. The summed E-state index contributed by atoms with van der Waals surface area (Å²) in [5.41, 5.74) is 3.57. The van der Waals surface area contributed by atoms with E-state index in [1.54, 1.807) is 24.4 Å². The van der Waals surface area contributed by atoms with Crippen molar-refractivity contribution in [2.75, 3.05) is 18.0 Å². The first-order valence-electron chi connectivity index (χ1n) is 9.43. The molecule has 0 atom stereocenters. The van der Waals surface area contributed by atoms with Gasteiger partial charge in [-0.1, -0.05) is 42.5 Å². The van der Waals surface area contributed by atoms with Crippen molar-refractivity contribution in [1.82, 2.24) is 10.3 Å². The largest absolute Gasteiger partial charge is 0.366 e. The van der Waals surface area contributed by atoms with Gasteiger partial charge in [0.25, 0.3) is 5.91 Å². The molecule has 0 saturated heterocycles. The van der Waals surface area contributed by atoms with Gasteiger partial charge in [-0.05, 0) is 48.7 Å². The second-order valence-electron chi connectivity index (χ2n) is 6.53.